The summed E-state index contributed by atoms with van der Waals surface area (Å²) >= 11 is 0. The van der Waals surface area contributed by atoms with Gasteiger partial charge in [-0.15, -0.1) is 0 Å². The van der Waals surface area contributed by atoms with E-state index >= 15 is 0 Å². The van der Waals surface area contributed by atoms with E-state index in [2.05, 4.69) is 32.5 Å². The van der Waals surface area contributed by atoms with E-state index in [0.29, 0.717) is 31.1 Å². The van der Waals surface area contributed by atoms with E-state index in [1.807, 2.05) is 50.2 Å². The quantitative estimate of drug-likeness (QED) is 0.508. The molecule has 0 saturated carbocycles. The van der Waals surface area contributed by atoms with E-state index < -0.39 is 0 Å². The van der Waals surface area contributed by atoms with Gasteiger partial charge in [-0.05, 0) is 75.1 Å². The van der Waals surface area contributed by atoms with Gasteiger partial charge in [-0.3, -0.25) is 4.79 Å². The maximum Gasteiger partial charge on any atom is 0.227 e. The molecule has 1 amide bonds. The number of hydrogen-bond donors (Lipinski definition) is 1. The van der Waals surface area contributed by atoms with Crippen LogP contribution in [0.4, 0.5) is 5.69 Å². The summed E-state index contributed by atoms with van der Waals surface area (Å²) in [5.41, 5.74) is 3.17. The predicted molar refractivity (Wildman–Crippen MR) is 128 cm³/mol. The third-order valence-corrected chi connectivity index (χ3v) is 5.67. The van der Waals surface area contributed by atoms with Crippen molar-refractivity contribution in [3.05, 3.63) is 60.0 Å². The van der Waals surface area contributed by atoms with Crippen LogP contribution in [-0.4, -0.2) is 35.2 Å². The van der Waals surface area contributed by atoms with Gasteiger partial charge in [0.15, 0.2) is 0 Å². The Morgan fingerprint density at radius 1 is 1.06 bits per heavy atom. The number of nitrogens with zero attached hydrogens (tertiary/aromatic N) is 3. The number of rotatable bonds is 9. The molecule has 1 aromatic heterocycles. The van der Waals surface area contributed by atoms with E-state index in [9.17, 15) is 4.79 Å². The Balaban J connectivity index is 1.23. The van der Waals surface area contributed by atoms with Gasteiger partial charge in [0.25, 0.3) is 0 Å². The first kappa shape index (κ1) is 22.8. The summed E-state index contributed by atoms with van der Waals surface area (Å²) in [6.07, 6.45) is 4.67. The fraction of sp³-hybridized carbons (Fsp3) is 0.423. The van der Waals surface area contributed by atoms with Gasteiger partial charge in [0.2, 0.25) is 17.6 Å². The van der Waals surface area contributed by atoms with Crippen LogP contribution in [0.25, 0.3) is 11.4 Å². The molecule has 4 rings (SSSR count). The van der Waals surface area contributed by atoms with Crippen LogP contribution >= 0.6 is 0 Å². The van der Waals surface area contributed by atoms with Crippen molar-refractivity contribution in [1.29, 1.82) is 0 Å². The molecular weight excluding hydrogens is 416 g/mol. The Bertz CT molecular complexity index is 1020. The third kappa shape index (κ3) is 6.57. The molecule has 0 spiro atoms. The molecule has 33 heavy (non-hydrogen) atoms. The van der Waals surface area contributed by atoms with E-state index in [0.717, 1.165) is 30.0 Å². The summed E-state index contributed by atoms with van der Waals surface area (Å²) in [5.74, 6) is 1.80. The molecule has 2 heterocycles. The number of nitrogens with one attached hydrogen (secondary N) is 1. The number of benzene rings is 2. The van der Waals surface area contributed by atoms with E-state index in [1.54, 1.807) is 0 Å². The van der Waals surface area contributed by atoms with E-state index in [-0.39, 0.29) is 12.0 Å². The first-order valence-electron chi connectivity index (χ1n) is 11.8. The van der Waals surface area contributed by atoms with Crippen LogP contribution in [0.3, 0.4) is 0 Å². The van der Waals surface area contributed by atoms with Gasteiger partial charge in [0.05, 0.1) is 6.10 Å². The largest absolute Gasteiger partial charge is 0.491 e. The zero-order valence-corrected chi connectivity index (χ0v) is 19.4. The van der Waals surface area contributed by atoms with E-state index in [1.165, 1.54) is 24.9 Å². The molecule has 7 heteroatoms. The van der Waals surface area contributed by atoms with Crippen molar-refractivity contribution in [3.8, 4) is 17.1 Å². The first-order chi connectivity index (χ1) is 16.1. The summed E-state index contributed by atoms with van der Waals surface area (Å²) in [6, 6.07) is 16.0. The zero-order chi connectivity index (χ0) is 23.0. The molecule has 0 unspecified atom stereocenters. The molecule has 0 bridgehead atoms. The summed E-state index contributed by atoms with van der Waals surface area (Å²) in [7, 11) is 0. The SMILES string of the molecule is CC(C)Oc1ccc(CNC(=O)CCc2nc(-c3ccc(N4CCCCC4)cc3)no2)cc1. The second-order valence-corrected chi connectivity index (χ2v) is 8.69. The summed E-state index contributed by atoms with van der Waals surface area (Å²) < 4.78 is 11.0. The number of carbonyl (C=O) groups is 1. The molecule has 7 nitrogen and oxygen atoms in total. The van der Waals surface area contributed by atoms with Crippen LogP contribution in [0.2, 0.25) is 0 Å². The van der Waals surface area contributed by atoms with Crippen molar-refractivity contribution in [2.24, 2.45) is 0 Å². The number of anilines is 1. The Kier molecular flexibility index (Phi) is 7.60. The van der Waals surface area contributed by atoms with E-state index in [4.69, 9.17) is 9.26 Å². The lowest BCUT2D eigenvalue weighted by molar-refractivity contribution is -0.121. The van der Waals surface area contributed by atoms with Gasteiger partial charge < -0.3 is 19.5 Å². The lowest BCUT2D eigenvalue weighted by Crippen LogP contribution is -2.29. The van der Waals surface area contributed by atoms with Gasteiger partial charge in [-0.1, -0.05) is 17.3 Å². The van der Waals surface area contributed by atoms with Crippen LogP contribution in [0.15, 0.2) is 53.1 Å². The highest BCUT2D eigenvalue weighted by molar-refractivity contribution is 5.76. The van der Waals surface area contributed by atoms with Crippen LogP contribution in [0.5, 0.6) is 5.75 Å². The van der Waals surface area contributed by atoms with Crippen LogP contribution in [0.1, 0.15) is 51.0 Å². The fourth-order valence-corrected chi connectivity index (χ4v) is 3.91. The highest BCUT2D eigenvalue weighted by atomic mass is 16.5. The van der Waals surface area contributed by atoms with Crippen molar-refractivity contribution < 1.29 is 14.1 Å². The number of ether oxygens (including phenoxy) is 1. The molecule has 1 saturated heterocycles. The molecule has 0 aliphatic carbocycles. The number of aryl methyl sites for hydroxylation is 1. The van der Waals surface area contributed by atoms with Gasteiger partial charge in [0, 0.05) is 43.7 Å². The number of piperidine rings is 1. The Morgan fingerprint density at radius 3 is 2.48 bits per heavy atom. The van der Waals surface area contributed by atoms with Gasteiger partial charge in [-0.2, -0.15) is 4.98 Å². The third-order valence-electron chi connectivity index (χ3n) is 5.67. The van der Waals surface area contributed by atoms with Crippen LogP contribution in [0, 0.1) is 0 Å². The standard InChI is InChI=1S/C26H32N4O3/c1-19(2)32-23-12-6-20(7-13-23)18-27-24(31)14-15-25-28-26(29-33-25)21-8-10-22(11-9-21)30-16-4-3-5-17-30/h6-13,19H,3-5,14-18H2,1-2H3,(H,27,31). The topological polar surface area (TPSA) is 80.5 Å². The lowest BCUT2D eigenvalue weighted by atomic mass is 10.1. The minimum atomic E-state index is -0.0526. The summed E-state index contributed by atoms with van der Waals surface area (Å²) in [5, 5.41) is 7.02. The van der Waals surface area contributed by atoms with Crippen molar-refractivity contribution >= 4 is 11.6 Å². The van der Waals surface area contributed by atoms with Gasteiger partial charge in [-0.25, -0.2) is 0 Å². The van der Waals surface area contributed by atoms with Crippen LogP contribution in [-0.2, 0) is 17.8 Å². The normalized spacial score (nSPS) is 13.8. The van der Waals surface area contributed by atoms with Gasteiger partial charge in [0.1, 0.15) is 5.75 Å². The molecule has 1 N–H and O–H groups in total. The molecule has 2 aromatic carbocycles. The smallest absolute Gasteiger partial charge is 0.227 e. The maximum atomic E-state index is 12.2. The Morgan fingerprint density at radius 2 is 1.79 bits per heavy atom. The predicted octanol–water partition coefficient (Wildman–Crippen LogP) is 4.76. The van der Waals surface area contributed by atoms with Crippen molar-refractivity contribution in [2.75, 3.05) is 18.0 Å². The average molecular weight is 449 g/mol. The number of amides is 1. The molecular formula is C26H32N4O3. The molecule has 174 valence electrons. The molecule has 1 aliphatic heterocycles. The second kappa shape index (κ2) is 11.0. The Hall–Kier alpha value is -3.35. The minimum Gasteiger partial charge on any atom is -0.491 e. The average Bonchev–Trinajstić information content (AvgIpc) is 3.32. The van der Waals surface area contributed by atoms with Gasteiger partial charge >= 0.3 is 0 Å². The number of hydrogen-bond acceptors (Lipinski definition) is 6. The highest BCUT2D eigenvalue weighted by Gasteiger charge is 2.13. The highest BCUT2D eigenvalue weighted by Crippen LogP contribution is 2.24. The monoisotopic (exact) mass is 448 g/mol. The molecule has 1 fully saturated rings. The van der Waals surface area contributed by atoms with Crippen molar-refractivity contribution in [3.63, 3.8) is 0 Å². The lowest BCUT2D eigenvalue weighted by Gasteiger charge is -2.28. The second-order valence-electron chi connectivity index (χ2n) is 8.69. The summed E-state index contributed by atoms with van der Waals surface area (Å²) in [4.78, 5) is 19.1. The molecule has 0 atom stereocenters. The maximum absolute atomic E-state index is 12.2. The molecule has 0 radical (unpaired) electrons. The zero-order valence-electron chi connectivity index (χ0n) is 19.4. The molecule has 3 aromatic rings. The Labute approximate surface area is 195 Å². The van der Waals surface area contributed by atoms with Crippen LogP contribution < -0.4 is 15.0 Å². The fourth-order valence-electron chi connectivity index (χ4n) is 3.91. The number of carbonyl (C=O) groups excluding carboxylic acids is 1. The molecule has 1 aliphatic rings. The van der Waals surface area contributed by atoms with Crippen molar-refractivity contribution in [2.45, 2.75) is 58.6 Å². The minimum absolute atomic E-state index is 0.0526. The summed E-state index contributed by atoms with van der Waals surface area (Å²) in [6.45, 7) is 6.69. The van der Waals surface area contributed by atoms with Crippen molar-refractivity contribution in [1.82, 2.24) is 15.5 Å². The first-order valence-corrected chi connectivity index (χ1v) is 11.8. The number of aromatic nitrogens is 2.